The van der Waals surface area contributed by atoms with E-state index in [1.165, 1.54) is 11.8 Å². The number of thioether (sulfide) groups is 1. The van der Waals surface area contributed by atoms with Crippen LogP contribution in [0.25, 0.3) is 11.4 Å². The summed E-state index contributed by atoms with van der Waals surface area (Å²) in [5.74, 6) is 1.02. The maximum atomic E-state index is 11.0. The second-order valence-electron chi connectivity index (χ2n) is 5.45. The molecule has 1 aromatic heterocycles. The Morgan fingerprint density at radius 2 is 1.80 bits per heavy atom. The zero-order valence-electron chi connectivity index (χ0n) is 13.4. The third-order valence-corrected chi connectivity index (χ3v) is 4.80. The van der Waals surface area contributed by atoms with Crippen molar-refractivity contribution in [2.24, 2.45) is 5.73 Å². The van der Waals surface area contributed by atoms with E-state index < -0.39 is 0 Å². The molecule has 0 unspecified atom stereocenters. The van der Waals surface area contributed by atoms with Gasteiger partial charge in [0.15, 0.2) is 11.0 Å². The number of carbonyl (C=O) groups is 1. The molecule has 5 nitrogen and oxygen atoms in total. The molecule has 0 radical (unpaired) electrons. The quantitative estimate of drug-likeness (QED) is 0.643. The lowest BCUT2D eigenvalue weighted by Gasteiger charge is -2.10. The summed E-state index contributed by atoms with van der Waals surface area (Å²) in [4.78, 5) is 11.0. The Balaban J connectivity index is 1.92. The van der Waals surface area contributed by atoms with E-state index in [0.29, 0.717) is 23.7 Å². The Bertz CT molecular complexity index is 849. The molecule has 128 valence electrons. The molecule has 2 N–H and O–H groups in total. The summed E-state index contributed by atoms with van der Waals surface area (Å²) in [5.41, 5.74) is 7.31. The average molecular weight is 373 g/mol. The normalized spacial score (nSPS) is 10.8. The Kier molecular flexibility index (Phi) is 5.73. The van der Waals surface area contributed by atoms with Crippen molar-refractivity contribution in [1.82, 2.24) is 14.8 Å². The maximum absolute atomic E-state index is 11.0. The first kappa shape index (κ1) is 17.5. The number of carbonyl (C=O) groups excluding carboxylic acids is 1. The van der Waals surface area contributed by atoms with E-state index in [0.717, 1.165) is 22.1 Å². The van der Waals surface area contributed by atoms with Crippen molar-refractivity contribution in [3.8, 4) is 11.4 Å². The third-order valence-electron chi connectivity index (χ3n) is 3.58. The van der Waals surface area contributed by atoms with Gasteiger partial charge >= 0.3 is 0 Å². The fourth-order valence-electron chi connectivity index (χ4n) is 2.36. The Hall–Kier alpha value is -2.31. The summed E-state index contributed by atoms with van der Waals surface area (Å²) < 4.78 is 2.05. The number of aromatic nitrogens is 3. The molecule has 0 aliphatic carbocycles. The first-order valence-corrected chi connectivity index (χ1v) is 9.14. The molecule has 1 heterocycles. The van der Waals surface area contributed by atoms with Crippen LogP contribution in [0, 0.1) is 0 Å². The van der Waals surface area contributed by atoms with E-state index in [1.807, 2.05) is 47.0 Å². The van der Waals surface area contributed by atoms with Gasteiger partial charge in [0.1, 0.15) is 0 Å². The van der Waals surface area contributed by atoms with Crippen LogP contribution in [0.2, 0.25) is 5.02 Å². The minimum absolute atomic E-state index is 0.305. The van der Waals surface area contributed by atoms with Crippen LogP contribution in [0.5, 0.6) is 0 Å². The third kappa shape index (κ3) is 4.61. The van der Waals surface area contributed by atoms with Crippen LogP contribution in [-0.2, 0) is 11.3 Å². The minimum atomic E-state index is -0.320. The number of hydrogen-bond donors (Lipinski definition) is 1. The largest absolute Gasteiger partial charge is 0.370 e. The van der Waals surface area contributed by atoms with E-state index in [1.54, 1.807) is 0 Å². The molecule has 0 atom stereocenters. The van der Waals surface area contributed by atoms with E-state index in [9.17, 15) is 4.79 Å². The lowest BCUT2D eigenvalue weighted by Crippen LogP contribution is -2.11. The fourth-order valence-corrected chi connectivity index (χ4v) is 3.38. The number of rotatable bonds is 7. The van der Waals surface area contributed by atoms with Crippen molar-refractivity contribution < 1.29 is 4.79 Å². The average Bonchev–Trinajstić information content (AvgIpc) is 2.99. The molecule has 25 heavy (non-hydrogen) atoms. The summed E-state index contributed by atoms with van der Waals surface area (Å²) in [7, 11) is 0. The lowest BCUT2D eigenvalue weighted by atomic mass is 10.2. The van der Waals surface area contributed by atoms with Crippen LogP contribution in [-0.4, -0.2) is 26.4 Å². The molecular weight excluding hydrogens is 356 g/mol. The summed E-state index contributed by atoms with van der Waals surface area (Å²) in [6, 6.07) is 17.6. The minimum Gasteiger partial charge on any atom is -0.370 e. The Morgan fingerprint density at radius 1 is 1.08 bits per heavy atom. The fraction of sp³-hybridized carbons (Fsp3) is 0.167. The molecule has 0 aliphatic heterocycles. The van der Waals surface area contributed by atoms with Gasteiger partial charge < -0.3 is 5.73 Å². The van der Waals surface area contributed by atoms with E-state index in [4.69, 9.17) is 17.3 Å². The second-order valence-corrected chi connectivity index (χ2v) is 6.95. The number of nitrogens with zero attached hydrogens (tertiary/aromatic N) is 3. The summed E-state index contributed by atoms with van der Waals surface area (Å²) in [6.45, 7) is 0.644. The highest BCUT2D eigenvalue weighted by Gasteiger charge is 2.15. The zero-order valence-corrected chi connectivity index (χ0v) is 15.0. The molecule has 0 fully saturated rings. The van der Waals surface area contributed by atoms with Crippen molar-refractivity contribution in [3.63, 3.8) is 0 Å². The van der Waals surface area contributed by atoms with Crippen LogP contribution in [0.4, 0.5) is 0 Å². The smallest absolute Gasteiger partial charge is 0.218 e. The second kappa shape index (κ2) is 8.18. The van der Waals surface area contributed by atoms with Gasteiger partial charge in [-0.2, -0.15) is 0 Å². The lowest BCUT2D eigenvalue weighted by molar-refractivity contribution is -0.117. The highest BCUT2D eigenvalue weighted by molar-refractivity contribution is 7.99. The number of benzene rings is 2. The highest BCUT2D eigenvalue weighted by atomic mass is 35.5. The van der Waals surface area contributed by atoms with Crippen LogP contribution in [0.3, 0.4) is 0 Å². The van der Waals surface area contributed by atoms with Crippen LogP contribution in [0.15, 0.2) is 59.8 Å². The predicted molar refractivity (Wildman–Crippen MR) is 101 cm³/mol. The first-order chi connectivity index (χ1) is 12.1. The number of hydrogen-bond acceptors (Lipinski definition) is 4. The SMILES string of the molecule is NC(=O)CCSc1nnc(-c2ccc(Cl)cc2)n1Cc1ccccc1. The molecule has 0 saturated heterocycles. The molecule has 3 rings (SSSR count). The van der Waals surface area contributed by atoms with Crippen molar-refractivity contribution >= 4 is 29.3 Å². The van der Waals surface area contributed by atoms with Gasteiger partial charge in [-0.25, -0.2) is 0 Å². The number of amides is 1. The van der Waals surface area contributed by atoms with Crippen molar-refractivity contribution in [2.75, 3.05) is 5.75 Å². The van der Waals surface area contributed by atoms with Crippen LogP contribution < -0.4 is 5.73 Å². The van der Waals surface area contributed by atoms with E-state index >= 15 is 0 Å². The summed E-state index contributed by atoms with van der Waals surface area (Å²) >= 11 is 7.46. The topological polar surface area (TPSA) is 73.8 Å². The molecule has 0 aliphatic rings. The first-order valence-electron chi connectivity index (χ1n) is 7.77. The maximum Gasteiger partial charge on any atom is 0.218 e. The summed E-state index contributed by atoms with van der Waals surface area (Å²) in [6.07, 6.45) is 0.305. The summed E-state index contributed by atoms with van der Waals surface area (Å²) in [5, 5.41) is 10.1. The zero-order chi connectivity index (χ0) is 17.6. The molecular formula is C18H17ClN4OS. The van der Waals surface area contributed by atoms with Gasteiger partial charge in [0.2, 0.25) is 5.91 Å². The van der Waals surface area contributed by atoms with Crippen molar-refractivity contribution in [1.29, 1.82) is 0 Å². The predicted octanol–water partition coefficient (Wildman–Crippen LogP) is 3.61. The molecule has 0 saturated carbocycles. The molecule has 3 aromatic rings. The number of halogens is 1. The molecule has 0 spiro atoms. The molecule has 2 aromatic carbocycles. The molecule has 0 bridgehead atoms. The van der Waals surface area contributed by atoms with Crippen molar-refractivity contribution in [3.05, 3.63) is 65.2 Å². The van der Waals surface area contributed by atoms with Gasteiger partial charge in [-0.05, 0) is 29.8 Å². The van der Waals surface area contributed by atoms with Gasteiger partial charge in [0.25, 0.3) is 0 Å². The molecule has 1 amide bonds. The highest BCUT2D eigenvalue weighted by Crippen LogP contribution is 2.26. The van der Waals surface area contributed by atoms with E-state index in [2.05, 4.69) is 22.3 Å². The Labute approximate surface area is 155 Å². The van der Waals surface area contributed by atoms with Gasteiger partial charge in [0, 0.05) is 22.8 Å². The van der Waals surface area contributed by atoms with Crippen LogP contribution >= 0.6 is 23.4 Å². The Morgan fingerprint density at radius 3 is 2.48 bits per heavy atom. The van der Waals surface area contributed by atoms with Crippen molar-refractivity contribution in [2.45, 2.75) is 18.1 Å². The van der Waals surface area contributed by atoms with E-state index in [-0.39, 0.29) is 5.91 Å². The van der Waals surface area contributed by atoms with Crippen LogP contribution in [0.1, 0.15) is 12.0 Å². The van der Waals surface area contributed by atoms with Gasteiger partial charge in [-0.15, -0.1) is 10.2 Å². The standard InChI is InChI=1S/C18H17ClN4OS/c19-15-8-6-14(7-9-15)17-21-22-18(25-11-10-16(20)24)23(17)12-13-4-2-1-3-5-13/h1-9H,10-12H2,(H2,20,24). The molecule has 7 heteroatoms. The van der Waals surface area contributed by atoms with Gasteiger partial charge in [-0.3, -0.25) is 9.36 Å². The number of nitrogens with two attached hydrogens (primary N) is 1. The van der Waals surface area contributed by atoms with Gasteiger partial charge in [0.05, 0.1) is 6.54 Å². The monoisotopic (exact) mass is 372 g/mol. The van der Waals surface area contributed by atoms with Gasteiger partial charge in [-0.1, -0.05) is 53.7 Å². The number of primary amides is 1.